The molecule has 1 unspecified atom stereocenters. The van der Waals surface area contributed by atoms with Gasteiger partial charge in [0.2, 0.25) is 10.0 Å². The third kappa shape index (κ3) is 3.81. The summed E-state index contributed by atoms with van der Waals surface area (Å²) in [4.78, 5) is 21.6. The molecule has 20 heavy (non-hydrogen) atoms. The number of nitrogens with zero attached hydrogens (tertiary/aromatic N) is 1. The molecule has 1 rings (SSSR count). The van der Waals surface area contributed by atoms with Gasteiger partial charge < -0.3 is 15.4 Å². The van der Waals surface area contributed by atoms with E-state index in [-0.39, 0.29) is 23.6 Å². The molecule has 0 fully saturated rings. The van der Waals surface area contributed by atoms with Crippen LogP contribution in [0.4, 0.5) is 0 Å². The molecule has 0 saturated carbocycles. The number of nitrogens with one attached hydrogen (secondary N) is 1. The van der Waals surface area contributed by atoms with Crippen LogP contribution < -0.4 is 10.5 Å². The Balaban J connectivity index is 2.77. The minimum atomic E-state index is -3.79. The first kappa shape index (κ1) is 16.2. The summed E-state index contributed by atoms with van der Waals surface area (Å²) in [5.74, 6) is -2.36. The van der Waals surface area contributed by atoms with Crippen LogP contribution in [0.1, 0.15) is 23.8 Å². The fourth-order valence-corrected chi connectivity index (χ4v) is 2.66. The molecule has 1 aromatic rings. The average molecular weight is 303 g/mol. The predicted octanol–water partition coefficient (Wildman–Crippen LogP) is -0.487. The van der Waals surface area contributed by atoms with Gasteiger partial charge in [0, 0.05) is 19.8 Å². The van der Waals surface area contributed by atoms with Crippen molar-refractivity contribution in [2.75, 3.05) is 6.54 Å². The number of aliphatic carboxylic acids is 1. The van der Waals surface area contributed by atoms with Gasteiger partial charge in [0.1, 0.15) is 10.6 Å². The monoisotopic (exact) mass is 303 g/mol. The van der Waals surface area contributed by atoms with Crippen LogP contribution in [0.5, 0.6) is 0 Å². The van der Waals surface area contributed by atoms with E-state index in [1.165, 1.54) is 30.8 Å². The summed E-state index contributed by atoms with van der Waals surface area (Å²) in [6.45, 7) is 1.49. The smallest absolute Gasteiger partial charge is 0.306 e. The van der Waals surface area contributed by atoms with Crippen molar-refractivity contribution in [3.8, 4) is 0 Å². The average Bonchev–Trinajstić information content (AvgIpc) is 2.71. The molecule has 1 aromatic heterocycles. The molecule has 0 aliphatic rings. The molecule has 112 valence electrons. The van der Waals surface area contributed by atoms with E-state index in [2.05, 4.69) is 4.72 Å². The molecule has 0 aliphatic carbocycles. The van der Waals surface area contributed by atoms with Gasteiger partial charge in [0.25, 0.3) is 5.91 Å². The summed E-state index contributed by atoms with van der Waals surface area (Å²) >= 11 is 0. The number of nitrogens with two attached hydrogens (primary N) is 1. The lowest BCUT2D eigenvalue weighted by Gasteiger charge is -2.07. The standard InChI is InChI=1S/C11H17N3O5S/c1-7(11(16)17)3-4-13-20(18,19)8-5-9(10(12)15)14(2)6-8/h5-7,13H,3-4H2,1-2H3,(H2,12,15)(H,16,17). The fraction of sp³-hybridized carbons (Fsp3) is 0.455. The first-order valence-electron chi connectivity index (χ1n) is 5.83. The minimum absolute atomic E-state index is 0.00337. The van der Waals surface area contributed by atoms with Crippen LogP contribution in [-0.2, 0) is 21.9 Å². The lowest BCUT2D eigenvalue weighted by Crippen LogP contribution is -2.27. The molecule has 9 heteroatoms. The fourth-order valence-electron chi connectivity index (χ4n) is 1.54. The van der Waals surface area contributed by atoms with Gasteiger partial charge in [-0.15, -0.1) is 0 Å². The van der Waals surface area contributed by atoms with Crippen LogP contribution in [0.2, 0.25) is 0 Å². The van der Waals surface area contributed by atoms with Crippen LogP contribution in [0.3, 0.4) is 0 Å². The number of carboxylic acid groups (broad SMARTS) is 1. The molecular formula is C11H17N3O5S. The first-order valence-corrected chi connectivity index (χ1v) is 7.32. The molecule has 1 heterocycles. The molecule has 1 atom stereocenters. The second-order valence-corrected chi connectivity index (χ2v) is 6.23. The Morgan fingerprint density at radius 2 is 2.10 bits per heavy atom. The summed E-state index contributed by atoms with van der Waals surface area (Å²) in [6, 6.07) is 1.17. The number of hydrogen-bond donors (Lipinski definition) is 3. The number of carbonyl (C=O) groups is 2. The molecule has 0 spiro atoms. The second kappa shape index (κ2) is 6.06. The lowest BCUT2D eigenvalue weighted by molar-refractivity contribution is -0.141. The molecule has 0 radical (unpaired) electrons. The molecular weight excluding hydrogens is 286 g/mol. The van der Waals surface area contributed by atoms with Crippen LogP contribution in [0.25, 0.3) is 0 Å². The molecule has 1 amide bonds. The van der Waals surface area contributed by atoms with Crippen LogP contribution in [0, 0.1) is 5.92 Å². The Labute approximate surface area is 116 Å². The van der Waals surface area contributed by atoms with E-state index in [9.17, 15) is 18.0 Å². The van der Waals surface area contributed by atoms with Crippen molar-refractivity contribution in [1.29, 1.82) is 0 Å². The highest BCUT2D eigenvalue weighted by Gasteiger charge is 2.20. The Morgan fingerprint density at radius 3 is 2.55 bits per heavy atom. The quantitative estimate of drug-likeness (QED) is 0.625. The van der Waals surface area contributed by atoms with Crippen LogP contribution in [-0.4, -0.2) is 36.5 Å². The number of aromatic nitrogens is 1. The van der Waals surface area contributed by atoms with Crippen molar-refractivity contribution in [2.24, 2.45) is 18.7 Å². The van der Waals surface area contributed by atoms with E-state index in [1.54, 1.807) is 0 Å². The predicted molar refractivity (Wildman–Crippen MR) is 70.5 cm³/mol. The number of carbonyl (C=O) groups excluding carboxylic acids is 1. The SMILES string of the molecule is CC(CCNS(=O)(=O)c1cc(C(N)=O)n(C)c1)C(=O)O. The highest BCUT2D eigenvalue weighted by Crippen LogP contribution is 2.13. The molecule has 0 saturated heterocycles. The number of sulfonamides is 1. The number of primary amides is 1. The largest absolute Gasteiger partial charge is 0.481 e. The zero-order valence-corrected chi connectivity index (χ0v) is 12.0. The molecule has 0 aliphatic heterocycles. The molecule has 0 bridgehead atoms. The third-order valence-corrected chi connectivity index (χ3v) is 4.26. The van der Waals surface area contributed by atoms with Gasteiger partial charge in [-0.1, -0.05) is 6.92 Å². The van der Waals surface area contributed by atoms with Crippen molar-refractivity contribution in [1.82, 2.24) is 9.29 Å². The van der Waals surface area contributed by atoms with E-state index in [0.717, 1.165) is 0 Å². The molecule has 0 aromatic carbocycles. The Bertz CT molecular complexity index is 620. The van der Waals surface area contributed by atoms with Crippen molar-refractivity contribution >= 4 is 21.9 Å². The highest BCUT2D eigenvalue weighted by molar-refractivity contribution is 7.89. The van der Waals surface area contributed by atoms with Gasteiger partial charge in [-0.25, -0.2) is 13.1 Å². The summed E-state index contributed by atoms with van der Waals surface area (Å²) in [5, 5.41) is 8.70. The molecule has 8 nitrogen and oxygen atoms in total. The van der Waals surface area contributed by atoms with Crippen molar-refractivity contribution < 1.29 is 23.1 Å². The third-order valence-electron chi connectivity index (χ3n) is 2.83. The molecule has 4 N–H and O–H groups in total. The maximum Gasteiger partial charge on any atom is 0.306 e. The highest BCUT2D eigenvalue weighted by atomic mass is 32.2. The minimum Gasteiger partial charge on any atom is -0.481 e. The summed E-state index contributed by atoms with van der Waals surface area (Å²) in [6.07, 6.45) is 1.44. The number of aryl methyl sites for hydroxylation is 1. The van der Waals surface area contributed by atoms with E-state index < -0.39 is 27.8 Å². The van der Waals surface area contributed by atoms with Crippen molar-refractivity contribution in [2.45, 2.75) is 18.2 Å². The van der Waals surface area contributed by atoms with E-state index >= 15 is 0 Å². The van der Waals surface area contributed by atoms with E-state index in [1.807, 2.05) is 0 Å². The zero-order valence-electron chi connectivity index (χ0n) is 11.2. The number of rotatable bonds is 7. The van der Waals surface area contributed by atoms with Crippen LogP contribution in [0.15, 0.2) is 17.2 Å². The Hall–Kier alpha value is -1.87. The second-order valence-electron chi connectivity index (χ2n) is 4.46. The van der Waals surface area contributed by atoms with E-state index in [4.69, 9.17) is 10.8 Å². The maximum atomic E-state index is 11.9. The summed E-state index contributed by atoms with van der Waals surface area (Å²) in [7, 11) is -2.28. The van der Waals surface area contributed by atoms with Gasteiger partial charge in [-0.2, -0.15) is 0 Å². The van der Waals surface area contributed by atoms with Crippen LogP contribution >= 0.6 is 0 Å². The Kier molecular flexibility index (Phi) is 4.90. The topological polar surface area (TPSA) is 131 Å². The summed E-state index contributed by atoms with van der Waals surface area (Å²) in [5.41, 5.74) is 5.18. The van der Waals surface area contributed by atoms with Gasteiger partial charge in [0.15, 0.2) is 0 Å². The maximum absolute atomic E-state index is 11.9. The lowest BCUT2D eigenvalue weighted by atomic mass is 10.1. The van der Waals surface area contributed by atoms with Gasteiger partial charge in [-0.05, 0) is 12.5 Å². The zero-order chi connectivity index (χ0) is 15.5. The summed E-state index contributed by atoms with van der Waals surface area (Å²) < 4.78 is 27.5. The number of hydrogen-bond acceptors (Lipinski definition) is 4. The number of carboxylic acids is 1. The first-order chi connectivity index (χ1) is 9.15. The van der Waals surface area contributed by atoms with E-state index in [0.29, 0.717) is 0 Å². The number of amides is 1. The van der Waals surface area contributed by atoms with Crippen molar-refractivity contribution in [3.63, 3.8) is 0 Å². The van der Waals surface area contributed by atoms with Crippen molar-refractivity contribution in [3.05, 3.63) is 18.0 Å². The normalized spacial score (nSPS) is 13.1. The van der Waals surface area contributed by atoms with Gasteiger partial charge >= 0.3 is 5.97 Å². The van der Waals surface area contributed by atoms with Gasteiger partial charge in [-0.3, -0.25) is 9.59 Å². The van der Waals surface area contributed by atoms with Gasteiger partial charge in [0.05, 0.1) is 5.92 Å². The Morgan fingerprint density at radius 1 is 1.50 bits per heavy atom.